The van der Waals surface area contributed by atoms with Gasteiger partial charge in [0.2, 0.25) is 5.91 Å². The Bertz CT molecular complexity index is 1290. The summed E-state index contributed by atoms with van der Waals surface area (Å²) in [5.41, 5.74) is 5.93. The number of carbonyl (C=O) groups is 4. The van der Waals surface area contributed by atoms with E-state index in [0.29, 0.717) is 22.3 Å². The second-order valence-electron chi connectivity index (χ2n) is 8.90. The number of carbonyl (C=O) groups excluding carboxylic acids is 3. The molecular weight excluding hydrogens is 458 g/mol. The minimum Gasteiger partial charge on any atom is -0.480 e. The van der Waals surface area contributed by atoms with E-state index in [1.54, 1.807) is 57.0 Å². The number of primary amides is 1. The molecule has 4 N–H and O–H groups in total. The van der Waals surface area contributed by atoms with E-state index in [4.69, 9.17) is 10.5 Å². The van der Waals surface area contributed by atoms with E-state index in [-0.39, 0.29) is 18.8 Å². The largest absolute Gasteiger partial charge is 0.480 e. The van der Waals surface area contributed by atoms with E-state index in [0.717, 1.165) is 4.90 Å². The van der Waals surface area contributed by atoms with Crippen LogP contribution in [0.3, 0.4) is 0 Å². The first-order valence-electron chi connectivity index (χ1n) is 10.6. The molecule has 186 valence electrons. The number of aliphatic carboxylic acids is 1. The number of fused-ring (bicyclic) bond motifs is 1. The van der Waals surface area contributed by atoms with Crippen molar-refractivity contribution in [2.24, 2.45) is 12.8 Å². The van der Waals surface area contributed by atoms with E-state index in [2.05, 4.69) is 15.4 Å². The smallest absolute Gasteiger partial charge is 0.412 e. The molecule has 0 aliphatic carbocycles. The summed E-state index contributed by atoms with van der Waals surface area (Å²) in [6.07, 6.45) is 2.54. The van der Waals surface area contributed by atoms with Gasteiger partial charge in [-0.05, 0) is 39.0 Å². The number of aromatic nitrogens is 4. The monoisotopic (exact) mass is 485 g/mol. The van der Waals surface area contributed by atoms with Crippen LogP contribution in [0.2, 0.25) is 0 Å². The number of anilines is 1. The fourth-order valence-electron chi connectivity index (χ4n) is 3.35. The number of rotatable bonds is 8. The van der Waals surface area contributed by atoms with E-state index >= 15 is 0 Å². The molecule has 0 unspecified atom stereocenters. The van der Waals surface area contributed by atoms with Gasteiger partial charge in [0, 0.05) is 24.3 Å². The minimum absolute atomic E-state index is 0.0161. The summed E-state index contributed by atoms with van der Waals surface area (Å²) in [6, 6.07) is 4.62. The van der Waals surface area contributed by atoms with E-state index in [1.165, 1.54) is 10.7 Å². The maximum absolute atomic E-state index is 13.0. The van der Waals surface area contributed by atoms with Crippen molar-refractivity contribution in [2.75, 3.05) is 11.9 Å². The molecule has 0 saturated carbocycles. The van der Waals surface area contributed by atoms with Crippen LogP contribution in [-0.2, 0) is 34.5 Å². The average Bonchev–Trinajstić information content (AvgIpc) is 3.28. The molecule has 2 aromatic heterocycles. The maximum Gasteiger partial charge on any atom is 0.412 e. The number of nitrogens with zero attached hydrogens (tertiary/aromatic N) is 5. The highest BCUT2D eigenvalue weighted by Crippen LogP contribution is 2.24. The molecule has 3 aromatic rings. The van der Waals surface area contributed by atoms with Crippen LogP contribution in [0.25, 0.3) is 10.9 Å². The summed E-state index contributed by atoms with van der Waals surface area (Å²) < 4.78 is 8.18. The number of imidazole rings is 1. The fourth-order valence-corrected chi connectivity index (χ4v) is 3.35. The summed E-state index contributed by atoms with van der Waals surface area (Å²) in [4.78, 5) is 53.7. The van der Waals surface area contributed by atoms with Crippen LogP contribution in [-0.4, -0.2) is 65.4 Å². The Labute approximate surface area is 200 Å². The van der Waals surface area contributed by atoms with Crippen LogP contribution >= 0.6 is 0 Å². The highest BCUT2D eigenvalue weighted by Gasteiger charge is 2.23. The average molecular weight is 486 g/mol. The number of carboxylic acids is 1. The van der Waals surface area contributed by atoms with Crippen molar-refractivity contribution < 1.29 is 29.0 Å². The number of benzene rings is 1. The molecule has 0 spiro atoms. The lowest BCUT2D eigenvalue weighted by Gasteiger charge is -2.20. The predicted molar refractivity (Wildman–Crippen MR) is 124 cm³/mol. The van der Waals surface area contributed by atoms with Crippen molar-refractivity contribution in [2.45, 2.75) is 39.5 Å². The lowest BCUT2D eigenvalue weighted by atomic mass is 10.2. The molecule has 0 saturated heterocycles. The van der Waals surface area contributed by atoms with Crippen LogP contribution in [0.15, 0.2) is 30.7 Å². The van der Waals surface area contributed by atoms with Crippen molar-refractivity contribution in [1.82, 2.24) is 24.2 Å². The van der Waals surface area contributed by atoms with Crippen molar-refractivity contribution in [1.29, 1.82) is 0 Å². The maximum atomic E-state index is 13.0. The van der Waals surface area contributed by atoms with Crippen LogP contribution in [0, 0.1) is 0 Å². The summed E-state index contributed by atoms with van der Waals surface area (Å²) in [5, 5.41) is 16.3. The van der Waals surface area contributed by atoms with Gasteiger partial charge in [-0.3, -0.25) is 24.4 Å². The Hall–Kier alpha value is -4.42. The first-order chi connectivity index (χ1) is 16.3. The summed E-state index contributed by atoms with van der Waals surface area (Å²) in [7, 11) is 1.76. The number of amides is 3. The van der Waals surface area contributed by atoms with Crippen molar-refractivity contribution in [3.63, 3.8) is 0 Å². The van der Waals surface area contributed by atoms with Crippen LogP contribution in [0.4, 0.5) is 10.5 Å². The lowest BCUT2D eigenvalue weighted by molar-refractivity contribution is -0.145. The van der Waals surface area contributed by atoms with Gasteiger partial charge in [-0.2, -0.15) is 5.10 Å². The van der Waals surface area contributed by atoms with Gasteiger partial charge < -0.3 is 25.0 Å². The number of hydrogen-bond acceptors (Lipinski definition) is 7. The van der Waals surface area contributed by atoms with E-state index in [1.807, 2.05) is 0 Å². The second-order valence-corrected chi connectivity index (χ2v) is 8.90. The first-order valence-corrected chi connectivity index (χ1v) is 10.6. The molecule has 3 amide bonds. The molecule has 0 atom stereocenters. The second kappa shape index (κ2) is 9.83. The zero-order valence-corrected chi connectivity index (χ0v) is 19.8. The first kappa shape index (κ1) is 25.2. The van der Waals surface area contributed by atoms with Gasteiger partial charge in [-0.25, -0.2) is 9.78 Å². The molecule has 35 heavy (non-hydrogen) atoms. The number of hydrogen-bond donors (Lipinski definition) is 3. The van der Waals surface area contributed by atoms with Gasteiger partial charge in [0.25, 0.3) is 5.91 Å². The lowest BCUT2D eigenvalue weighted by Crippen LogP contribution is -2.37. The molecule has 13 heteroatoms. The molecular formula is C22H27N7O6. The number of nitrogens with two attached hydrogens (primary N) is 1. The highest BCUT2D eigenvalue weighted by molar-refractivity contribution is 6.05. The SMILES string of the molecule is Cn1cnc(CN(CC(=O)O)C(=O)Cn2nc(C(N)=O)c3cc(NC(=O)OC(C)(C)C)ccc32)c1. The van der Waals surface area contributed by atoms with E-state index < -0.39 is 36.0 Å². The van der Waals surface area contributed by atoms with Crippen molar-refractivity contribution in [3.05, 3.63) is 42.1 Å². The van der Waals surface area contributed by atoms with Gasteiger partial charge in [-0.15, -0.1) is 0 Å². The van der Waals surface area contributed by atoms with Crippen LogP contribution in [0.5, 0.6) is 0 Å². The fraction of sp³-hybridized carbons (Fsp3) is 0.364. The molecule has 3 rings (SSSR count). The summed E-state index contributed by atoms with van der Waals surface area (Å²) >= 11 is 0. The topological polar surface area (TPSA) is 175 Å². The minimum atomic E-state index is -1.18. The molecule has 0 radical (unpaired) electrons. The Balaban J connectivity index is 1.88. The number of nitrogens with one attached hydrogen (secondary N) is 1. The van der Waals surface area contributed by atoms with Gasteiger partial charge >= 0.3 is 12.1 Å². The summed E-state index contributed by atoms with van der Waals surface area (Å²) in [5.74, 6) is -2.56. The third-order valence-electron chi connectivity index (χ3n) is 4.70. The predicted octanol–water partition coefficient (Wildman–Crippen LogP) is 1.33. The Morgan fingerprint density at radius 1 is 1.23 bits per heavy atom. The third kappa shape index (κ3) is 6.56. The third-order valence-corrected chi connectivity index (χ3v) is 4.70. The standard InChI is InChI=1S/C22H27N7O6/c1-22(2,3)35-21(34)25-13-5-6-16-15(7-13)19(20(23)33)26-29(16)10-17(30)28(11-18(31)32)9-14-8-27(4)12-24-14/h5-8,12H,9-11H2,1-4H3,(H2,23,33)(H,25,34)(H,31,32). The number of aryl methyl sites for hydroxylation is 1. The van der Waals surface area contributed by atoms with Crippen molar-refractivity contribution in [3.8, 4) is 0 Å². The van der Waals surface area contributed by atoms with E-state index in [9.17, 15) is 24.3 Å². The van der Waals surface area contributed by atoms with Gasteiger partial charge in [0.1, 0.15) is 18.7 Å². The Morgan fingerprint density at radius 2 is 1.94 bits per heavy atom. The molecule has 1 aromatic carbocycles. The van der Waals surface area contributed by atoms with Gasteiger partial charge in [0.15, 0.2) is 5.69 Å². The normalized spacial score (nSPS) is 11.3. The zero-order valence-electron chi connectivity index (χ0n) is 19.8. The van der Waals surface area contributed by atoms with Crippen molar-refractivity contribution >= 4 is 40.5 Å². The molecule has 2 heterocycles. The van der Waals surface area contributed by atoms with Crippen LogP contribution < -0.4 is 11.1 Å². The Kier molecular flexibility index (Phi) is 7.08. The summed E-state index contributed by atoms with van der Waals surface area (Å²) in [6.45, 7) is 4.28. The highest BCUT2D eigenvalue weighted by atomic mass is 16.6. The molecule has 13 nitrogen and oxygen atoms in total. The molecule has 0 aliphatic rings. The van der Waals surface area contributed by atoms with Crippen LogP contribution in [0.1, 0.15) is 37.0 Å². The Morgan fingerprint density at radius 3 is 2.51 bits per heavy atom. The zero-order chi connectivity index (χ0) is 25.9. The van der Waals surface area contributed by atoms with Gasteiger partial charge in [0.05, 0.1) is 24.1 Å². The molecule has 0 fully saturated rings. The number of carboxylic acid groups (broad SMARTS) is 1. The quantitative estimate of drug-likeness (QED) is 0.428. The van der Waals surface area contributed by atoms with Gasteiger partial charge in [-0.1, -0.05) is 0 Å². The molecule has 0 bridgehead atoms. The number of ether oxygens (including phenoxy) is 1. The molecule has 0 aliphatic heterocycles.